The number of hydrogen-bond donors (Lipinski definition) is 2. The zero-order valence-electron chi connectivity index (χ0n) is 10.6. The summed E-state index contributed by atoms with van der Waals surface area (Å²) in [6.07, 6.45) is 0. The van der Waals surface area contributed by atoms with E-state index in [2.05, 4.69) is 5.32 Å². The summed E-state index contributed by atoms with van der Waals surface area (Å²) in [5.74, 6) is -0.179. The SMILES string of the molecule is Cc1ccc(C(=O)NCc2ccc(N)cc2)c(Cl)c1. The molecule has 19 heavy (non-hydrogen) atoms. The molecule has 0 radical (unpaired) electrons. The third kappa shape index (κ3) is 3.48. The number of carbonyl (C=O) groups excluding carboxylic acids is 1. The average molecular weight is 275 g/mol. The van der Waals surface area contributed by atoms with Crippen LogP contribution in [0.2, 0.25) is 5.02 Å². The fourth-order valence-electron chi connectivity index (χ4n) is 1.72. The molecular formula is C15H15ClN2O. The highest BCUT2D eigenvalue weighted by Gasteiger charge is 2.09. The second-order valence-electron chi connectivity index (χ2n) is 4.41. The Morgan fingerprint density at radius 2 is 1.89 bits per heavy atom. The molecule has 0 aliphatic rings. The van der Waals surface area contributed by atoms with Crippen LogP contribution in [0.25, 0.3) is 0 Å². The molecular weight excluding hydrogens is 260 g/mol. The van der Waals surface area contributed by atoms with Gasteiger partial charge in [-0.05, 0) is 42.3 Å². The molecule has 0 bridgehead atoms. The summed E-state index contributed by atoms with van der Waals surface area (Å²) in [5.41, 5.74) is 8.82. The minimum absolute atomic E-state index is 0.179. The summed E-state index contributed by atoms with van der Waals surface area (Å²) >= 11 is 6.05. The van der Waals surface area contributed by atoms with E-state index in [1.165, 1.54) is 0 Å². The van der Waals surface area contributed by atoms with Gasteiger partial charge in [-0.25, -0.2) is 0 Å². The quantitative estimate of drug-likeness (QED) is 0.845. The Bertz CT molecular complexity index is 594. The summed E-state index contributed by atoms with van der Waals surface area (Å²) in [6, 6.07) is 12.7. The number of nitrogen functional groups attached to an aromatic ring is 1. The Morgan fingerprint density at radius 3 is 2.53 bits per heavy atom. The van der Waals surface area contributed by atoms with Gasteiger partial charge in [0.05, 0.1) is 10.6 Å². The molecule has 0 aliphatic carbocycles. The lowest BCUT2D eigenvalue weighted by molar-refractivity contribution is 0.0951. The summed E-state index contributed by atoms with van der Waals surface area (Å²) in [6.45, 7) is 2.38. The van der Waals surface area contributed by atoms with Gasteiger partial charge in [0.25, 0.3) is 5.91 Å². The fourth-order valence-corrected chi connectivity index (χ4v) is 2.04. The van der Waals surface area contributed by atoms with Gasteiger partial charge in [0.15, 0.2) is 0 Å². The van der Waals surface area contributed by atoms with Crippen LogP contribution >= 0.6 is 11.6 Å². The van der Waals surface area contributed by atoms with E-state index in [9.17, 15) is 4.79 Å². The molecule has 0 aliphatic heterocycles. The van der Waals surface area contributed by atoms with Crippen LogP contribution in [0.4, 0.5) is 5.69 Å². The van der Waals surface area contributed by atoms with Gasteiger partial charge in [-0.15, -0.1) is 0 Å². The highest BCUT2D eigenvalue weighted by molar-refractivity contribution is 6.33. The van der Waals surface area contributed by atoms with Crippen LogP contribution in [-0.4, -0.2) is 5.91 Å². The van der Waals surface area contributed by atoms with Crippen molar-refractivity contribution in [3.05, 3.63) is 64.2 Å². The van der Waals surface area contributed by atoms with E-state index in [1.807, 2.05) is 25.1 Å². The lowest BCUT2D eigenvalue weighted by atomic mass is 10.1. The molecule has 0 saturated heterocycles. The number of nitrogens with two attached hydrogens (primary N) is 1. The molecule has 0 heterocycles. The van der Waals surface area contributed by atoms with E-state index >= 15 is 0 Å². The van der Waals surface area contributed by atoms with Crippen molar-refractivity contribution in [1.82, 2.24) is 5.32 Å². The number of amides is 1. The van der Waals surface area contributed by atoms with Crippen LogP contribution < -0.4 is 11.1 Å². The standard InChI is InChI=1S/C15H15ClN2O/c1-10-2-7-13(14(16)8-10)15(19)18-9-11-3-5-12(17)6-4-11/h2-8H,9,17H2,1H3,(H,18,19). The second kappa shape index (κ2) is 5.76. The van der Waals surface area contributed by atoms with Crippen molar-refractivity contribution >= 4 is 23.2 Å². The van der Waals surface area contributed by atoms with E-state index < -0.39 is 0 Å². The zero-order chi connectivity index (χ0) is 13.8. The topological polar surface area (TPSA) is 55.1 Å². The summed E-state index contributed by atoms with van der Waals surface area (Å²) < 4.78 is 0. The molecule has 1 amide bonds. The van der Waals surface area contributed by atoms with Crippen molar-refractivity contribution in [1.29, 1.82) is 0 Å². The molecule has 98 valence electrons. The number of anilines is 1. The molecule has 0 aromatic heterocycles. The van der Waals surface area contributed by atoms with Gasteiger partial charge in [-0.3, -0.25) is 4.79 Å². The maximum absolute atomic E-state index is 12.0. The third-order valence-corrected chi connectivity index (χ3v) is 3.11. The first-order chi connectivity index (χ1) is 9.06. The van der Waals surface area contributed by atoms with Gasteiger partial charge >= 0.3 is 0 Å². The summed E-state index contributed by atoms with van der Waals surface area (Å²) in [7, 11) is 0. The van der Waals surface area contributed by atoms with Crippen LogP contribution in [0.15, 0.2) is 42.5 Å². The molecule has 0 atom stereocenters. The van der Waals surface area contributed by atoms with E-state index in [1.54, 1.807) is 24.3 Å². The molecule has 3 nitrogen and oxygen atoms in total. The molecule has 0 saturated carbocycles. The molecule has 2 aromatic rings. The van der Waals surface area contributed by atoms with E-state index in [0.29, 0.717) is 22.8 Å². The smallest absolute Gasteiger partial charge is 0.253 e. The minimum Gasteiger partial charge on any atom is -0.399 e. The van der Waals surface area contributed by atoms with Crippen molar-refractivity contribution in [2.45, 2.75) is 13.5 Å². The predicted octanol–water partition coefficient (Wildman–Crippen LogP) is 3.16. The maximum atomic E-state index is 12.0. The van der Waals surface area contributed by atoms with E-state index in [-0.39, 0.29) is 5.91 Å². The van der Waals surface area contributed by atoms with E-state index in [4.69, 9.17) is 17.3 Å². The molecule has 3 N–H and O–H groups in total. The number of rotatable bonds is 3. The van der Waals surface area contributed by atoms with Gasteiger partial charge in [0.2, 0.25) is 0 Å². The first kappa shape index (κ1) is 13.4. The fraction of sp³-hybridized carbons (Fsp3) is 0.133. The highest BCUT2D eigenvalue weighted by atomic mass is 35.5. The summed E-state index contributed by atoms with van der Waals surface area (Å²) in [5, 5.41) is 3.30. The number of halogens is 1. The van der Waals surface area contributed by atoms with Gasteiger partial charge < -0.3 is 11.1 Å². The van der Waals surface area contributed by atoms with Crippen molar-refractivity contribution in [3.8, 4) is 0 Å². The van der Waals surface area contributed by atoms with Crippen LogP contribution in [-0.2, 0) is 6.54 Å². The van der Waals surface area contributed by atoms with Crippen LogP contribution in [0.5, 0.6) is 0 Å². The normalized spacial score (nSPS) is 10.2. The van der Waals surface area contributed by atoms with Gasteiger partial charge in [0.1, 0.15) is 0 Å². The van der Waals surface area contributed by atoms with Crippen LogP contribution in [0, 0.1) is 6.92 Å². The van der Waals surface area contributed by atoms with Crippen molar-refractivity contribution in [3.63, 3.8) is 0 Å². The Balaban J connectivity index is 2.03. The molecule has 2 aromatic carbocycles. The number of benzene rings is 2. The lowest BCUT2D eigenvalue weighted by Gasteiger charge is -2.07. The molecule has 0 fully saturated rings. The van der Waals surface area contributed by atoms with Gasteiger partial charge in [-0.1, -0.05) is 29.8 Å². The van der Waals surface area contributed by atoms with Gasteiger partial charge in [0, 0.05) is 12.2 Å². The maximum Gasteiger partial charge on any atom is 0.253 e. The largest absolute Gasteiger partial charge is 0.399 e. The van der Waals surface area contributed by atoms with Crippen molar-refractivity contribution in [2.24, 2.45) is 0 Å². The second-order valence-corrected chi connectivity index (χ2v) is 4.81. The highest BCUT2D eigenvalue weighted by Crippen LogP contribution is 2.17. The van der Waals surface area contributed by atoms with E-state index in [0.717, 1.165) is 11.1 Å². The average Bonchev–Trinajstić information content (AvgIpc) is 2.37. The van der Waals surface area contributed by atoms with Crippen molar-refractivity contribution < 1.29 is 4.79 Å². The number of aryl methyl sites for hydroxylation is 1. The minimum atomic E-state index is -0.179. The van der Waals surface area contributed by atoms with Gasteiger partial charge in [-0.2, -0.15) is 0 Å². The number of nitrogens with one attached hydrogen (secondary N) is 1. The predicted molar refractivity (Wildman–Crippen MR) is 78.2 cm³/mol. The molecule has 0 unspecified atom stereocenters. The number of carbonyl (C=O) groups is 1. The Morgan fingerprint density at radius 1 is 1.21 bits per heavy atom. The Hall–Kier alpha value is -2.00. The first-order valence-electron chi connectivity index (χ1n) is 5.95. The molecule has 0 spiro atoms. The monoisotopic (exact) mass is 274 g/mol. The zero-order valence-corrected chi connectivity index (χ0v) is 11.4. The van der Waals surface area contributed by atoms with Crippen LogP contribution in [0.1, 0.15) is 21.5 Å². The Labute approximate surface area is 117 Å². The van der Waals surface area contributed by atoms with Crippen LogP contribution in [0.3, 0.4) is 0 Å². The number of hydrogen-bond acceptors (Lipinski definition) is 2. The third-order valence-electron chi connectivity index (χ3n) is 2.80. The lowest BCUT2D eigenvalue weighted by Crippen LogP contribution is -2.23. The van der Waals surface area contributed by atoms with Crippen molar-refractivity contribution in [2.75, 3.05) is 5.73 Å². The first-order valence-corrected chi connectivity index (χ1v) is 6.33. The summed E-state index contributed by atoms with van der Waals surface area (Å²) in [4.78, 5) is 12.0. The Kier molecular flexibility index (Phi) is 4.07. The molecule has 2 rings (SSSR count). The molecule has 4 heteroatoms.